The van der Waals surface area contributed by atoms with Gasteiger partial charge >= 0.3 is 6.09 Å². The summed E-state index contributed by atoms with van der Waals surface area (Å²) in [5.74, 6) is 0.0275. The summed E-state index contributed by atoms with van der Waals surface area (Å²) in [5, 5.41) is 15.9. The molecule has 3 N–H and O–H groups in total. The zero-order valence-electron chi connectivity index (χ0n) is 24.4. The van der Waals surface area contributed by atoms with Gasteiger partial charge in [0.2, 0.25) is 11.8 Å². The first-order valence-corrected chi connectivity index (χ1v) is 14.2. The number of ether oxygens (including phenoxy) is 1. The molecule has 37 heavy (non-hydrogen) atoms. The van der Waals surface area contributed by atoms with Gasteiger partial charge in [-0.15, -0.1) is 0 Å². The standard InChI is InChI=1S/C28H47N3O5S/c1-12-28(9,10)31(24(34)20(15-16-37-11)29-25(35)36-27(6,7)8)22(23(33)30-26(3,4)5)19-13-14-21(32)18(2)17-19/h13-14,17,20,22,32H,12,15-16H2,1-11H3,(H,29,35)(H,30,33). The molecule has 0 aliphatic carbocycles. The van der Waals surface area contributed by atoms with Gasteiger partial charge in [-0.05, 0) is 110 Å². The second-order valence-electron chi connectivity index (χ2n) is 12.0. The van der Waals surface area contributed by atoms with Crippen LogP contribution in [-0.2, 0) is 14.3 Å². The van der Waals surface area contributed by atoms with Crippen LogP contribution in [0.1, 0.15) is 92.3 Å². The molecule has 0 saturated carbocycles. The van der Waals surface area contributed by atoms with E-state index in [9.17, 15) is 19.5 Å². The van der Waals surface area contributed by atoms with Crippen molar-refractivity contribution in [2.24, 2.45) is 0 Å². The number of nitrogens with zero attached hydrogens (tertiary/aromatic N) is 1. The fourth-order valence-corrected chi connectivity index (χ4v) is 4.23. The van der Waals surface area contributed by atoms with E-state index in [-0.39, 0.29) is 17.6 Å². The Kier molecular flexibility index (Phi) is 11.4. The van der Waals surface area contributed by atoms with Crippen molar-refractivity contribution in [3.05, 3.63) is 29.3 Å². The van der Waals surface area contributed by atoms with Gasteiger partial charge in [-0.2, -0.15) is 11.8 Å². The number of phenols is 1. The van der Waals surface area contributed by atoms with E-state index < -0.39 is 34.9 Å². The number of nitrogens with one attached hydrogen (secondary N) is 2. The molecule has 0 aliphatic rings. The highest BCUT2D eigenvalue weighted by molar-refractivity contribution is 7.98. The third-order valence-electron chi connectivity index (χ3n) is 5.90. The van der Waals surface area contributed by atoms with Gasteiger partial charge in [0, 0.05) is 11.1 Å². The number of phenolic OH excluding ortho intramolecular Hbond substituents is 1. The second-order valence-corrected chi connectivity index (χ2v) is 13.0. The van der Waals surface area contributed by atoms with Crippen molar-refractivity contribution < 1.29 is 24.2 Å². The van der Waals surface area contributed by atoms with Crippen molar-refractivity contribution >= 4 is 29.7 Å². The van der Waals surface area contributed by atoms with E-state index in [1.165, 1.54) is 6.07 Å². The van der Waals surface area contributed by atoms with Crippen LogP contribution in [0.2, 0.25) is 0 Å². The van der Waals surface area contributed by atoms with E-state index in [0.29, 0.717) is 29.7 Å². The number of rotatable bonds is 10. The molecule has 3 amide bonds. The molecule has 2 unspecified atom stereocenters. The molecule has 0 fully saturated rings. The highest BCUT2D eigenvalue weighted by atomic mass is 32.2. The Morgan fingerprint density at radius 3 is 2.14 bits per heavy atom. The van der Waals surface area contributed by atoms with E-state index >= 15 is 0 Å². The Morgan fingerprint density at radius 1 is 1.08 bits per heavy atom. The van der Waals surface area contributed by atoms with Crippen molar-refractivity contribution in [3.8, 4) is 5.75 Å². The largest absolute Gasteiger partial charge is 0.508 e. The normalized spacial score (nSPS) is 13.9. The number of hydrogen-bond donors (Lipinski definition) is 3. The van der Waals surface area contributed by atoms with Gasteiger partial charge in [0.1, 0.15) is 23.4 Å². The summed E-state index contributed by atoms with van der Waals surface area (Å²) in [6.07, 6.45) is 2.19. The molecule has 0 heterocycles. The van der Waals surface area contributed by atoms with Gasteiger partial charge in [-0.1, -0.05) is 13.0 Å². The van der Waals surface area contributed by atoms with Crippen LogP contribution in [0.15, 0.2) is 18.2 Å². The van der Waals surface area contributed by atoms with Crippen molar-refractivity contribution in [3.63, 3.8) is 0 Å². The summed E-state index contributed by atoms with van der Waals surface area (Å²) < 4.78 is 5.44. The fourth-order valence-electron chi connectivity index (χ4n) is 3.76. The van der Waals surface area contributed by atoms with Crippen LogP contribution in [-0.4, -0.2) is 62.6 Å². The summed E-state index contributed by atoms with van der Waals surface area (Å²) in [5.41, 5.74) is -0.834. The minimum Gasteiger partial charge on any atom is -0.508 e. The second kappa shape index (κ2) is 12.9. The number of thioether (sulfide) groups is 1. The van der Waals surface area contributed by atoms with E-state index in [1.807, 2.05) is 47.8 Å². The minimum absolute atomic E-state index is 0.107. The Hall–Kier alpha value is -2.42. The molecular formula is C28H47N3O5S. The quantitative estimate of drug-likeness (QED) is 0.373. The number of alkyl carbamates (subject to hydrolysis) is 1. The molecule has 9 heteroatoms. The van der Waals surface area contributed by atoms with Crippen LogP contribution < -0.4 is 10.6 Å². The van der Waals surface area contributed by atoms with Crippen LogP contribution in [0.3, 0.4) is 0 Å². The molecule has 8 nitrogen and oxygen atoms in total. The maximum absolute atomic E-state index is 14.3. The first kappa shape index (κ1) is 32.6. The third kappa shape index (κ3) is 10.1. The summed E-state index contributed by atoms with van der Waals surface area (Å²) in [6.45, 7) is 18.5. The van der Waals surface area contributed by atoms with Gasteiger partial charge < -0.3 is 25.4 Å². The Labute approximate surface area is 227 Å². The van der Waals surface area contributed by atoms with Gasteiger partial charge in [0.15, 0.2) is 0 Å². The van der Waals surface area contributed by atoms with E-state index in [1.54, 1.807) is 56.5 Å². The zero-order valence-corrected chi connectivity index (χ0v) is 25.3. The average molecular weight is 538 g/mol. The maximum Gasteiger partial charge on any atom is 0.408 e. The number of benzene rings is 1. The smallest absolute Gasteiger partial charge is 0.408 e. The highest BCUT2D eigenvalue weighted by Gasteiger charge is 2.43. The molecule has 0 aromatic heterocycles. The predicted molar refractivity (Wildman–Crippen MR) is 151 cm³/mol. The molecular weight excluding hydrogens is 490 g/mol. The topological polar surface area (TPSA) is 108 Å². The number of amides is 3. The molecule has 1 rings (SSSR count). The molecule has 1 aromatic carbocycles. The van der Waals surface area contributed by atoms with Crippen molar-refractivity contribution in [1.82, 2.24) is 15.5 Å². The van der Waals surface area contributed by atoms with Crippen molar-refractivity contribution in [2.45, 2.75) is 111 Å². The molecule has 0 saturated heterocycles. The summed E-state index contributed by atoms with van der Waals surface area (Å²) >= 11 is 1.57. The minimum atomic E-state index is -0.988. The van der Waals surface area contributed by atoms with Crippen LogP contribution >= 0.6 is 11.8 Å². The van der Waals surface area contributed by atoms with Crippen LogP contribution in [0, 0.1) is 6.92 Å². The van der Waals surface area contributed by atoms with E-state index in [4.69, 9.17) is 4.74 Å². The Morgan fingerprint density at radius 2 is 1.68 bits per heavy atom. The highest BCUT2D eigenvalue weighted by Crippen LogP contribution is 2.34. The third-order valence-corrected chi connectivity index (χ3v) is 6.54. The Bertz CT molecular complexity index is 950. The van der Waals surface area contributed by atoms with E-state index in [2.05, 4.69) is 10.6 Å². The summed E-state index contributed by atoms with van der Waals surface area (Å²) in [6, 6.07) is 3.05. The molecule has 0 spiro atoms. The lowest BCUT2D eigenvalue weighted by Gasteiger charge is -2.45. The SMILES string of the molecule is CCC(C)(C)N(C(=O)C(CCSC)NC(=O)OC(C)(C)C)C(C(=O)NC(C)(C)C)c1ccc(O)c(C)c1. The van der Waals surface area contributed by atoms with Crippen LogP contribution in [0.25, 0.3) is 0 Å². The summed E-state index contributed by atoms with van der Waals surface area (Å²) in [4.78, 5) is 42.4. The average Bonchev–Trinajstić information content (AvgIpc) is 2.73. The Balaban J connectivity index is 3.70. The molecule has 210 valence electrons. The first-order valence-electron chi connectivity index (χ1n) is 12.8. The molecule has 0 aliphatic heterocycles. The lowest BCUT2D eigenvalue weighted by atomic mass is 9.90. The first-order chi connectivity index (χ1) is 16.8. The molecule has 0 radical (unpaired) electrons. The number of hydrogen-bond acceptors (Lipinski definition) is 6. The van der Waals surface area contributed by atoms with Crippen LogP contribution in [0.4, 0.5) is 4.79 Å². The number of aryl methyl sites for hydroxylation is 1. The fraction of sp³-hybridized carbons (Fsp3) is 0.679. The lowest BCUT2D eigenvalue weighted by molar-refractivity contribution is -0.150. The maximum atomic E-state index is 14.3. The predicted octanol–water partition coefficient (Wildman–Crippen LogP) is 5.32. The molecule has 0 bridgehead atoms. The monoisotopic (exact) mass is 537 g/mol. The van der Waals surface area contributed by atoms with Crippen molar-refractivity contribution in [1.29, 1.82) is 0 Å². The number of carbonyl (C=O) groups excluding carboxylic acids is 3. The number of carbonyl (C=O) groups is 3. The van der Waals surface area contributed by atoms with Gasteiger partial charge in [0.05, 0.1) is 0 Å². The van der Waals surface area contributed by atoms with Crippen molar-refractivity contribution in [2.75, 3.05) is 12.0 Å². The molecule has 2 atom stereocenters. The number of aromatic hydroxyl groups is 1. The van der Waals surface area contributed by atoms with Crippen LogP contribution in [0.5, 0.6) is 5.75 Å². The summed E-state index contributed by atoms with van der Waals surface area (Å²) in [7, 11) is 0. The van der Waals surface area contributed by atoms with E-state index in [0.717, 1.165) is 0 Å². The van der Waals surface area contributed by atoms with Gasteiger partial charge in [-0.25, -0.2) is 4.79 Å². The van der Waals surface area contributed by atoms with Gasteiger partial charge in [0.25, 0.3) is 0 Å². The molecule has 1 aromatic rings. The zero-order chi connectivity index (χ0) is 28.8. The van der Waals surface area contributed by atoms with Gasteiger partial charge in [-0.3, -0.25) is 9.59 Å². The lowest BCUT2D eigenvalue weighted by Crippen LogP contribution is -2.60.